The van der Waals surface area contributed by atoms with Crippen LogP contribution in [-0.2, 0) is 14.2 Å². The summed E-state index contributed by atoms with van der Waals surface area (Å²) >= 11 is 0. The van der Waals surface area contributed by atoms with Crippen LogP contribution in [0.2, 0.25) is 0 Å². The minimum atomic E-state index is -0.717. The molecule has 0 amide bonds. The molecule has 0 saturated carbocycles. The van der Waals surface area contributed by atoms with E-state index in [1.54, 1.807) is 12.1 Å². The molecule has 1 aromatic heterocycles. The van der Waals surface area contributed by atoms with Crippen LogP contribution in [0.3, 0.4) is 0 Å². The predicted molar refractivity (Wildman–Crippen MR) is 134 cm³/mol. The largest absolute Gasteiger partial charge is 0.467 e. The van der Waals surface area contributed by atoms with Crippen molar-refractivity contribution in [1.82, 2.24) is 5.16 Å². The molecule has 0 bridgehead atoms. The van der Waals surface area contributed by atoms with Gasteiger partial charge in [-0.3, -0.25) is 10.1 Å². The Morgan fingerprint density at radius 2 is 1.49 bits per heavy atom. The number of hydrogen-bond donors (Lipinski definition) is 0. The molecular weight excluding hydrogens is 488 g/mol. The number of non-ortho nitro benzene ring substituents is 1. The Labute approximate surface area is 215 Å². The van der Waals surface area contributed by atoms with Crippen LogP contribution in [0, 0.1) is 10.1 Å². The Bertz CT molecular complexity index is 1110. The van der Waals surface area contributed by atoms with Gasteiger partial charge in [-0.1, -0.05) is 32.9 Å². The molecule has 202 valence electrons. The smallest absolute Gasteiger partial charge is 0.376 e. The molecule has 1 heterocycles. The van der Waals surface area contributed by atoms with E-state index in [4.69, 9.17) is 28.2 Å². The lowest BCUT2D eigenvalue weighted by atomic mass is 10.1. The Morgan fingerprint density at radius 1 is 0.892 bits per heavy atom. The van der Waals surface area contributed by atoms with Gasteiger partial charge >= 0.3 is 5.97 Å². The zero-order valence-electron chi connectivity index (χ0n) is 21.9. The van der Waals surface area contributed by atoms with Gasteiger partial charge in [-0.15, -0.1) is 0 Å². The molecule has 3 aromatic rings. The molecule has 3 rings (SSSR count). The van der Waals surface area contributed by atoms with Crippen molar-refractivity contribution in [3.8, 4) is 34.3 Å². The van der Waals surface area contributed by atoms with Crippen LogP contribution in [0.4, 0.5) is 5.69 Å². The van der Waals surface area contributed by atoms with Crippen molar-refractivity contribution in [2.24, 2.45) is 0 Å². The van der Waals surface area contributed by atoms with Crippen LogP contribution in [-0.4, -0.2) is 51.0 Å². The second-order valence-corrected chi connectivity index (χ2v) is 6.32. The standard InChI is InChI=1S/C21H20N2O10.2C2H6/c1-27-11-30-15-8-17(31-12-28-2)20(16-10-19(33-22-16)21(24)29-3)18(9-15)32-14-6-4-13(5-7-14)23(25)26;2*1-2/h4-10H,11-12H2,1-3H3;2*1-2H3. The van der Waals surface area contributed by atoms with Gasteiger partial charge < -0.3 is 32.9 Å². The topological polar surface area (TPSA) is 142 Å². The van der Waals surface area contributed by atoms with E-state index in [2.05, 4.69) is 9.89 Å². The molecule has 37 heavy (non-hydrogen) atoms. The zero-order chi connectivity index (χ0) is 27.8. The van der Waals surface area contributed by atoms with Crippen LogP contribution < -0.4 is 14.2 Å². The molecule has 0 aliphatic rings. The second-order valence-electron chi connectivity index (χ2n) is 6.32. The van der Waals surface area contributed by atoms with Crippen LogP contribution in [0.5, 0.6) is 23.0 Å². The number of benzene rings is 2. The quantitative estimate of drug-likeness (QED) is 0.130. The van der Waals surface area contributed by atoms with Crippen LogP contribution in [0.15, 0.2) is 47.0 Å². The Morgan fingerprint density at radius 3 is 2.05 bits per heavy atom. The van der Waals surface area contributed by atoms with Gasteiger partial charge in [-0.25, -0.2) is 4.79 Å². The number of methoxy groups -OCH3 is 3. The highest BCUT2D eigenvalue weighted by atomic mass is 16.7. The molecule has 2 aromatic carbocycles. The number of ether oxygens (including phenoxy) is 6. The van der Waals surface area contributed by atoms with Gasteiger partial charge in [0.2, 0.25) is 5.76 Å². The molecule has 0 aliphatic carbocycles. The zero-order valence-corrected chi connectivity index (χ0v) is 21.9. The fraction of sp³-hybridized carbons (Fsp3) is 0.360. The van der Waals surface area contributed by atoms with Gasteiger partial charge in [0.25, 0.3) is 5.69 Å². The molecule has 0 spiro atoms. The van der Waals surface area contributed by atoms with E-state index in [1.807, 2.05) is 27.7 Å². The summed E-state index contributed by atoms with van der Waals surface area (Å²) in [4.78, 5) is 22.2. The lowest BCUT2D eigenvalue weighted by Gasteiger charge is -2.17. The summed E-state index contributed by atoms with van der Waals surface area (Å²) < 4.78 is 36.9. The van der Waals surface area contributed by atoms with Crippen LogP contribution in [0.1, 0.15) is 38.2 Å². The molecule has 12 nitrogen and oxygen atoms in total. The number of nitrogens with zero attached hydrogens (tertiary/aromatic N) is 2. The highest BCUT2D eigenvalue weighted by molar-refractivity contribution is 5.88. The van der Waals surface area contributed by atoms with Crippen LogP contribution >= 0.6 is 0 Å². The summed E-state index contributed by atoms with van der Waals surface area (Å²) in [5.74, 6) is 0.220. The first-order chi connectivity index (χ1) is 18.0. The summed E-state index contributed by atoms with van der Waals surface area (Å²) in [7, 11) is 4.13. The summed E-state index contributed by atoms with van der Waals surface area (Å²) in [5, 5.41) is 14.9. The SMILES string of the molecule is CC.CC.COCOc1cc(OCOC)c(-c2cc(C(=O)OC)on2)c(Oc2ccc([N+](=O)[O-])cc2)c1. The molecule has 0 radical (unpaired) electrons. The second kappa shape index (κ2) is 16.5. The van der Waals surface area contributed by atoms with E-state index in [0.717, 1.165) is 0 Å². The van der Waals surface area contributed by atoms with Gasteiger partial charge in [-0.05, 0) is 12.1 Å². The van der Waals surface area contributed by atoms with Crippen molar-refractivity contribution in [2.75, 3.05) is 34.9 Å². The number of nitro benzene ring substituents is 1. The Hall–Kier alpha value is -4.16. The maximum absolute atomic E-state index is 11.8. The molecule has 0 atom stereocenters. The molecule has 0 fully saturated rings. The summed E-state index contributed by atoms with van der Waals surface area (Å²) in [6.07, 6.45) is 0. The number of carbonyl (C=O) groups excluding carboxylic acids is 1. The molecule has 12 heteroatoms. The number of carbonyl (C=O) groups is 1. The van der Waals surface area contributed by atoms with Gasteiger partial charge in [0.1, 0.15) is 28.7 Å². The van der Waals surface area contributed by atoms with Crippen molar-refractivity contribution in [2.45, 2.75) is 27.7 Å². The fourth-order valence-electron chi connectivity index (χ4n) is 2.70. The summed E-state index contributed by atoms with van der Waals surface area (Å²) in [6, 6.07) is 9.93. The highest BCUT2D eigenvalue weighted by Crippen LogP contribution is 2.43. The molecule has 0 aliphatic heterocycles. The van der Waals surface area contributed by atoms with E-state index in [1.165, 1.54) is 51.7 Å². The highest BCUT2D eigenvalue weighted by Gasteiger charge is 2.23. The van der Waals surface area contributed by atoms with Gasteiger partial charge in [0, 0.05) is 44.6 Å². The first-order valence-electron chi connectivity index (χ1n) is 11.4. The number of rotatable bonds is 11. The van der Waals surface area contributed by atoms with E-state index in [-0.39, 0.29) is 42.2 Å². The van der Waals surface area contributed by atoms with Crippen molar-refractivity contribution >= 4 is 11.7 Å². The van der Waals surface area contributed by atoms with E-state index in [9.17, 15) is 14.9 Å². The van der Waals surface area contributed by atoms with E-state index < -0.39 is 10.9 Å². The average molecular weight is 521 g/mol. The average Bonchev–Trinajstić information content (AvgIpc) is 3.42. The van der Waals surface area contributed by atoms with Crippen molar-refractivity contribution in [3.05, 3.63) is 58.3 Å². The summed E-state index contributed by atoms with van der Waals surface area (Å²) in [6.45, 7) is 7.84. The van der Waals surface area contributed by atoms with Crippen molar-refractivity contribution < 1.29 is 42.7 Å². The van der Waals surface area contributed by atoms with E-state index in [0.29, 0.717) is 17.1 Å². The van der Waals surface area contributed by atoms with E-state index >= 15 is 0 Å². The minimum absolute atomic E-state index is 0.0452. The number of aromatic nitrogens is 1. The Balaban J connectivity index is 0.00000163. The monoisotopic (exact) mass is 520 g/mol. The third-order valence-corrected chi connectivity index (χ3v) is 4.14. The Kier molecular flexibility index (Phi) is 13.8. The summed E-state index contributed by atoms with van der Waals surface area (Å²) in [5.41, 5.74) is 0.425. The first kappa shape index (κ1) is 30.9. The van der Waals surface area contributed by atoms with Crippen molar-refractivity contribution in [3.63, 3.8) is 0 Å². The third kappa shape index (κ3) is 8.78. The maximum Gasteiger partial charge on any atom is 0.376 e. The molecular formula is C25H32N2O10. The molecule has 0 unspecified atom stereocenters. The van der Waals surface area contributed by atoms with Gasteiger partial charge in [0.05, 0.1) is 17.6 Å². The minimum Gasteiger partial charge on any atom is -0.467 e. The first-order valence-corrected chi connectivity index (χ1v) is 11.4. The fourth-order valence-corrected chi connectivity index (χ4v) is 2.70. The molecule has 0 saturated heterocycles. The maximum atomic E-state index is 11.8. The van der Waals surface area contributed by atoms with Gasteiger partial charge in [-0.2, -0.15) is 0 Å². The number of esters is 1. The van der Waals surface area contributed by atoms with Gasteiger partial charge in [0.15, 0.2) is 13.6 Å². The predicted octanol–water partition coefficient (Wildman–Crippen LogP) is 5.85. The molecule has 0 N–H and O–H groups in total. The lowest BCUT2D eigenvalue weighted by Crippen LogP contribution is -2.04. The van der Waals surface area contributed by atoms with Crippen LogP contribution in [0.25, 0.3) is 11.3 Å². The number of hydrogen-bond acceptors (Lipinski definition) is 11. The normalized spacial score (nSPS) is 9.70. The third-order valence-electron chi connectivity index (χ3n) is 4.14. The lowest BCUT2D eigenvalue weighted by molar-refractivity contribution is -0.384. The number of nitro groups is 1. The van der Waals surface area contributed by atoms with Crippen molar-refractivity contribution in [1.29, 1.82) is 0 Å².